The van der Waals surface area contributed by atoms with Crippen LogP contribution >= 0.6 is 0 Å². The van der Waals surface area contributed by atoms with Gasteiger partial charge in [0.1, 0.15) is 17.5 Å². The van der Waals surface area contributed by atoms with E-state index in [2.05, 4.69) is 0 Å². The lowest BCUT2D eigenvalue weighted by molar-refractivity contribution is -0.132. The molecular formula is C21H21F3N2O2. The van der Waals surface area contributed by atoms with E-state index in [-0.39, 0.29) is 17.4 Å². The molecule has 1 aliphatic rings. The van der Waals surface area contributed by atoms with Gasteiger partial charge in [0.15, 0.2) is 0 Å². The molecule has 0 aliphatic carbocycles. The van der Waals surface area contributed by atoms with Crippen molar-refractivity contribution in [3.63, 3.8) is 0 Å². The van der Waals surface area contributed by atoms with Gasteiger partial charge >= 0.3 is 0 Å². The molecule has 2 amide bonds. The molecular weight excluding hydrogens is 369 g/mol. The molecule has 0 saturated carbocycles. The van der Waals surface area contributed by atoms with Gasteiger partial charge in [-0.3, -0.25) is 9.59 Å². The third-order valence-corrected chi connectivity index (χ3v) is 4.94. The van der Waals surface area contributed by atoms with Crippen LogP contribution in [0, 0.1) is 17.5 Å². The highest BCUT2D eigenvalue weighted by Crippen LogP contribution is 2.21. The minimum Gasteiger partial charge on any atom is -0.340 e. The van der Waals surface area contributed by atoms with E-state index >= 15 is 0 Å². The van der Waals surface area contributed by atoms with E-state index < -0.39 is 23.4 Å². The Labute approximate surface area is 161 Å². The minimum atomic E-state index is -0.721. The van der Waals surface area contributed by atoms with Gasteiger partial charge in [-0.1, -0.05) is 0 Å². The van der Waals surface area contributed by atoms with Crippen LogP contribution in [0.4, 0.5) is 13.2 Å². The number of carbonyl (C=O) groups excluding carboxylic acids is 2. The van der Waals surface area contributed by atoms with E-state index in [0.717, 1.165) is 18.2 Å². The third kappa shape index (κ3) is 4.52. The molecule has 2 aromatic carbocycles. The average molecular weight is 390 g/mol. The first-order valence-electron chi connectivity index (χ1n) is 9.15. The smallest absolute Gasteiger partial charge is 0.253 e. The molecule has 28 heavy (non-hydrogen) atoms. The van der Waals surface area contributed by atoms with E-state index in [9.17, 15) is 22.8 Å². The summed E-state index contributed by atoms with van der Waals surface area (Å²) in [5, 5.41) is 0. The van der Waals surface area contributed by atoms with Crippen molar-refractivity contribution < 1.29 is 22.8 Å². The second-order valence-corrected chi connectivity index (χ2v) is 6.90. The third-order valence-electron chi connectivity index (χ3n) is 4.94. The molecule has 1 heterocycles. The maximum absolute atomic E-state index is 13.5. The van der Waals surface area contributed by atoms with E-state index in [1.54, 1.807) is 16.7 Å². The Morgan fingerprint density at radius 2 is 1.39 bits per heavy atom. The number of halogens is 3. The molecule has 0 spiro atoms. The van der Waals surface area contributed by atoms with Gasteiger partial charge in [0.2, 0.25) is 5.91 Å². The fourth-order valence-corrected chi connectivity index (χ4v) is 3.36. The van der Waals surface area contributed by atoms with Gasteiger partial charge in [-0.2, -0.15) is 0 Å². The molecule has 0 bridgehead atoms. The van der Waals surface area contributed by atoms with Crippen LogP contribution in [-0.4, -0.2) is 47.8 Å². The highest BCUT2D eigenvalue weighted by atomic mass is 19.1. The van der Waals surface area contributed by atoms with Crippen molar-refractivity contribution in [2.24, 2.45) is 0 Å². The number of nitrogens with zero attached hydrogens (tertiary/aromatic N) is 2. The zero-order chi connectivity index (χ0) is 20.3. The van der Waals surface area contributed by atoms with E-state index in [1.807, 2.05) is 0 Å². The van der Waals surface area contributed by atoms with Crippen molar-refractivity contribution in [3.05, 3.63) is 71.0 Å². The molecule has 1 saturated heterocycles. The van der Waals surface area contributed by atoms with Gasteiger partial charge in [0.05, 0.1) is 5.92 Å². The SMILES string of the molecule is CC(C(=O)N1CCCN(C(=O)c2ccc(F)cc2)CC1)c1cc(F)cc(F)c1. The van der Waals surface area contributed by atoms with Gasteiger partial charge in [0, 0.05) is 37.8 Å². The fraction of sp³-hybridized carbons (Fsp3) is 0.333. The van der Waals surface area contributed by atoms with E-state index in [1.165, 1.54) is 24.3 Å². The molecule has 1 atom stereocenters. The van der Waals surface area contributed by atoms with Crippen LogP contribution in [0.5, 0.6) is 0 Å². The first-order valence-corrected chi connectivity index (χ1v) is 9.15. The summed E-state index contributed by atoms with van der Waals surface area (Å²) in [6.07, 6.45) is 0.586. The summed E-state index contributed by atoms with van der Waals surface area (Å²) < 4.78 is 40.0. The number of benzene rings is 2. The molecule has 1 aliphatic heterocycles. The standard InChI is InChI=1S/C21H21F3N2O2/c1-14(16-11-18(23)13-19(24)12-16)20(27)25-7-2-8-26(10-9-25)21(28)15-3-5-17(22)6-4-15/h3-6,11-14H,2,7-10H2,1H3. The lowest BCUT2D eigenvalue weighted by atomic mass is 9.99. The normalized spacial score (nSPS) is 15.9. The van der Waals surface area contributed by atoms with Crippen LogP contribution in [0.3, 0.4) is 0 Å². The zero-order valence-corrected chi connectivity index (χ0v) is 15.5. The quantitative estimate of drug-likeness (QED) is 0.804. The predicted molar refractivity (Wildman–Crippen MR) is 98.3 cm³/mol. The zero-order valence-electron chi connectivity index (χ0n) is 15.5. The lowest BCUT2D eigenvalue weighted by Crippen LogP contribution is -2.39. The second kappa shape index (κ2) is 8.46. The Morgan fingerprint density at radius 3 is 2.04 bits per heavy atom. The van der Waals surface area contributed by atoms with Crippen LogP contribution in [0.2, 0.25) is 0 Å². The molecule has 1 unspecified atom stereocenters. The van der Waals surface area contributed by atoms with Crippen molar-refractivity contribution in [2.75, 3.05) is 26.2 Å². The Bertz CT molecular complexity index is 850. The molecule has 1 fully saturated rings. The van der Waals surface area contributed by atoms with Crippen molar-refractivity contribution in [1.82, 2.24) is 9.80 Å². The summed E-state index contributed by atoms with van der Waals surface area (Å²) in [5.74, 6) is -2.99. The minimum absolute atomic E-state index is 0.213. The number of amides is 2. The van der Waals surface area contributed by atoms with E-state index in [4.69, 9.17) is 0 Å². The molecule has 148 valence electrons. The van der Waals surface area contributed by atoms with Crippen molar-refractivity contribution in [3.8, 4) is 0 Å². The summed E-state index contributed by atoms with van der Waals surface area (Å²) in [6, 6.07) is 8.44. The topological polar surface area (TPSA) is 40.6 Å². The molecule has 0 N–H and O–H groups in total. The Balaban J connectivity index is 1.66. The fourth-order valence-electron chi connectivity index (χ4n) is 3.36. The number of carbonyl (C=O) groups is 2. The maximum Gasteiger partial charge on any atom is 0.253 e. The summed E-state index contributed by atoms with van der Waals surface area (Å²) >= 11 is 0. The van der Waals surface area contributed by atoms with Crippen LogP contribution in [-0.2, 0) is 4.79 Å². The number of rotatable bonds is 3. The molecule has 2 aromatic rings. The van der Waals surface area contributed by atoms with Crippen molar-refractivity contribution in [1.29, 1.82) is 0 Å². The summed E-state index contributed by atoms with van der Waals surface area (Å²) in [4.78, 5) is 28.6. The highest BCUT2D eigenvalue weighted by Gasteiger charge is 2.26. The maximum atomic E-state index is 13.5. The van der Waals surface area contributed by atoms with Gasteiger partial charge in [-0.05, 0) is 55.3 Å². The predicted octanol–water partition coefficient (Wildman–Crippen LogP) is 3.58. The van der Waals surface area contributed by atoms with Crippen molar-refractivity contribution in [2.45, 2.75) is 19.3 Å². The number of hydrogen-bond acceptors (Lipinski definition) is 2. The van der Waals surface area contributed by atoms with Crippen molar-refractivity contribution >= 4 is 11.8 Å². The van der Waals surface area contributed by atoms with Crippen LogP contribution < -0.4 is 0 Å². The molecule has 0 radical (unpaired) electrons. The summed E-state index contributed by atoms with van der Waals surface area (Å²) in [7, 11) is 0. The monoisotopic (exact) mass is 390 g/mol. The first-order chi connectivity index (χ1) is 13.3. The van der Waals surface area contributed by atoms with Gasteiger partial charge in [0.25, 0.3) is 5.91 Å². The summed E-state index contributed by atoms with van der Waals surface area (Å²) in [5.41, 5.74) is 0.677. The lowest BCUT2D eigenvalue weighted by Gasteiger charge is -2.25. The molecule has 4 nitrogen and oxygen atoms in total. The number of hydrogen-bond donors (Lipinski definition) is 0. The summed E-state index contributed by atoms with van der Waals surface area (Å²) in [6.45, 7) is 3.21. The average Bonchev–Trinajstić information content (AvgIpc) is 2.92. The molecule has 7 heteroatoms. The van der Waals surface area contributed by atoms with E-state index in [0.29, 0.717) is 38.2 Å². The molecule has 0 aromatic heterocycles. The highest BCUT2D eigenvalue weighted by molar-refractivity contribution is 5.94. The second-order valence-electron chi connectivity index (χ2n) is 6.90. The Kier molecular flexibility index (Phi) is 6.02. The Morgan fingerprint density at radius 1 is 0.821 bits per heavy atom. The van der Waals surface area contributed by atoms with Crippen LogP contribution in [0.15, 0.2) is 42.5 Å². The van der Waals surface area contributed by atoms with Gasteiger partial charge in [-0.25, -0.2) is 13.2 Å². The Hall–Kier alpha value is -2.83. The van der Waals surface area contributed by atoms with Gasteiger partial charge in [-0.15, -0.1) is 0 Å². The van der Waals surface area contributed by atoms with Gasteiger partial charge < -0.3 is 9.80 Å². The van der Waals surface area contributed by atoms with Crippen LogP contribution in [0.1, 0.15) is 35.2 Å². The molecule has 3 rings (SSSR count). The first kappa shape index (κ1) is 19.9. The largest absolute Gasteiger partial charge is 0.340 e. The van der Waals surface area contributed by atoms with Crippen LogP contribution in [0.25, 0.3) is 0 Å².